The van der Waals surface area contributed by atoms with Crippen LogP contribution in [-0.2, 0) is 12.8 Å². The van der Waals surface area contributed by atoms with E-state index in [1.54, 1.807) is 39.5 Å². The Balaban J connectivity index is 1.81. The Kier molecular flexibility index (Phi) is 10.5. The maximum Gasteiger partial charge on any atom is 0.203 e. The molecule has 0 radical (unpaired) electrons. The number of hydrogen-bond donors (Lipinski definition) is 1. The van der Waals surface area contributed by atoms with Crippen molar-refractivity contribution in [3.8, 4) is 40.2 Å². The maximum absolute atomic E-state index is 14.9. The molecule has 214 valence electrons. The molecule has 0 bridgehead atoms. The van der Waals surface area contributed by atoms with E-state index in [0.717, 1.165) is 11.1 Å². The number of halogens is 1. The highest BCUT2D eigenvalue weighted by Crippen LogP contribution is 2.39. The van der Waals surface area contributed by atoms with E-state index in [-0.39, 0.29) is 11.5 Å². The molecule has 0 spiro atoms. The van der Waals surface area contributed by atoms with Crippen molar-refractivity contribution in [3.63, 3.8) is 0 Å². The summed E-state index contributed by atoms with van der Waals surface area (Å²) in [6.45, 7) is 0. The number of hydrogen-bond acceptors (Lipinski definition) is 9. The number of methoxy groups -OCH3 is 7. The minimum absolute atomic E-state index is 0.0291. The third-order valence-electron chi connectivity index (χ3n) is 6.16. The van der Waals surface area contributed by atoms with Crippen LogP contribution in [0.1, 0.15) is 21.5 Å². The van der Waals surface area contributed by atoms with Crippen LogP contribution in [0.4, 0.5) is 10.1 Å². The highest BCUT2D eigenvalue weighted by atomic mass is 19.1. The van der Waals surface area contributed by atoms with E-state index >= 15 is 0 Å². The summed E-state index contributed by atoms with van der Waals surface area (Å²) < 4.78 is 52.3. The summed E-state index contributed by atoms with van der Waals surface area (Å²) in [5, 5.41) is 2.97. The normalized spacial score (nSPS) is 10.7. The molecule has 0 atom stereocenters. The Bertz CT molecular complexity index is 1320. The van der Waals surface area contributed by atoms with Gasteiger partial charge in [-0.2, -0.15) is 0 Å². The molecular weight excluding hydrogens is 521 g/mol. The van der Waals surface area contributed by atoms with Gasteiger partial charge in [0.05, 0.1) is 55.5 Å². The Morgan fingerprint density at radius 1 is 0.650 bits per heavy atom. The number of rotatable bonds is 14. The van der Waals surface area contributed by atoms with Crippen LogP contribution in [0.3, 0.4) is 0 Å². The van der Waals surface area contributed by atoms with Gasteiger partial charge in [-0.15, -0.1) is 0 Å². The van der Waals surface area contributed by atoms with Crippen LogP contribution in [0.2, 0.25) is 0 Å². The summed E-state index contributed by atoms with van der Waals surface area (Å²) in [7, 11) is 10.5. The van der Waals surface area contributed by atoms with Gasteiger partial charge in [0.2, 0.25) is 11.5 Å². The van der Waals surface area contributed by atoms with Gasteiger partial charge in [-0.25, -0.2) is 4.39 Å². The zero-order valence-corrected chi connectivity index (χ0v) is 23.7. The van der Waals surface area contributed by atoms with Crippen molar-refractivity contribution < 1.29 is 42.3 Å². The molecule has 0 saturated carbocycles. The van der Waals surface area contributed by atoms with Crippen molar-refractivity contribution in [1.29, 1.82) is 0 Å². The lowest BCUT2D eigenvalue weighted by atomic mass is 10.0. The number of allylic oxidation sites excluding steroid dienone is 1. The molecular formula is C30H34FNO8. The van der Waals surface area contributed by atoms with Gasteiger partial charge in [0.1, 0.15) is 0 Å². The van der Waals surface area contributed by atoms with Crippen LogP contribution in [-0.4, -0.2) is 55.6 Å². The Hall–Kier alpha value is -4.60. The van der Waals surface area contributed by atoms with E-state index in [2.05, 4.69) is 5.32 Å². The topological polar surface area (TPSA) is 93.7 Å². The molecule has 0 aliphatic heterocycles. The monoisotopic (exact) mass is 555 g/mol. The summed E-state index contributed by atoms with van der Waals surface area (Å²) in [6.07, 6.45) is 3.84. The number of carbonyl (C=O) groups is 1. The number of anilines is 1. The first kappa shape index (κ1) is 29.9. The molecule has 3 aromatic rings. The third-order valence-corrected chi connectivity index (χ3v) is 6.16. The van der Waals surface area contributed by atoms with Crippen molar-refractivity contribution in [2.24, 2.45) is 0 Å². The SMILES string of the molecule is COc1cc(CCc2cc(F)c(OC)c(N/C=C\C(=O)c3cc(OC)c(OC)c(OC)c3)c2)cc(OC)c1OC. The van der Waals surface area contributed by atoms with Gasteiger partial charge < -0.3 is 38.5 Å². The molecule has 0 fully saturated rings. The number of carbonyl (C=O) groups excluding carboxylic acids is 1. The third kappa shape index (κ3) is 6.69. The molecule has 0 aliphatic rings. The fourth-order valence-corrected chi connectivity index (χ4v) is 4.20. The van der Waals surface area contributed by atoms with Gasteiger partial charge in [0.25, 0.3) is 0 Å². The number of aryl methyl sites for hydroxylation is 2. The molecule has 0 aliphatic carbocycles. The smallest absolute Gasteiger partial charge is 0.203 e. The van der Waals surface area contributed by atoms with Crippen LogP contribution in [0.5, 0.6) is 40.2 Å². The van der Waals surface area contributed by atoms with Crippen LogP contribution in [0.25, 0.3) is 0 Å². The van der Waals surface area contributed by atoms with E-state index in [1.807, 2.05) is 12.1 Å². The second-order valence-corrected chi connectivity index (χ2v) is 8.45. The van der Waals surface area contributed by atoms with Crippen molar-refractivity contribution in [2.45, 2.75) is 12.8 Å². The number of ketones is 1. The van der Waals surface area contributed by atoms with Crippen molar-refractivity contribution in [3.05, 3.63) is 71.2 Å². The average molecular weight is 556 g/mol. The Morgan fingerprint density at radius 3 is 1.55 bits per heavy atom. The fraction of sp³-hybridized carbons (Fsp3) is 0.300. The zero-order chi connectivity index (χ0) is 29.2. The molecule has 0 unspecified atom stereocenters. The highest BCUT2D eigenvalue weighted by molar-refractivity contribution is 6.05. The van der Waals surface area contributed by atoms with Gasteiger partial charge in [-0.1, -0.05) is 0 Å². The van der Waals surface area contributed by atoms with Crippen LogP contribution < -0.4 is 38.5 Å². The van der Waals surface area contributed by atoms with Crippen molar-refractivity contribution >= 4 is 11.5 Å². The highest BCUT2D eigenvalue weighted by Gasteiger charge is 2.17. The fourth-order valence-electron chi connectivity index (χ4n) is 4.20. The molecule has 10 heteroatoms. The minimum atomic E-state index is -0.531. The maximum atomic E-state index is 14.9. The quantitative estimate of drug-likeness (QED) is 0.205. The van der Waals surface area contributed by atoms with E-state index in [1.165, 1.54) is 46.8 Å². The number of nitrogens with one attached hydrogen (secondary N) is 1. The lowest BCUT2D eigenvalue weighted by molar-refractivity contribution is 0.104. The molecule has 0 saturated heterocycles. The Labute approximate surface area is 233 Å². The predicted octanol–water partition coefficient (Wildman–Crippen LogP) is 5.48. The summed E-state index contributed by atoms with van der Waals surface area (Å²) in [6, 6.07) is 10.0. The van der Waals surface area contributed by atoms with Crippen LogP contribution in [0.15, 0.2) is 48.7 Å². The average Bonchev–Trinajstić information content (AvgIpc) is 2.98. The van der Waals surface area contributed by atoms with Crippen LogP contribution >= 0.6 is 0 Å². The van der Waals surface area contributed by atoms with Crippen molar-refractivity contribution in [1.82, 2.24) is 0 Å². The van der Waals surface area contributed by atoms with E-state index in [9.17, 15) is 9.18 Å². The second-order valence-electron chi connectivity index (χ2n) is 8.45. The first-order valence-corrected chi connectivity index (χ1v) is 12.3. The largest absolute Gasteiger partial charge is 0.493 e. The lowest BCUT2D eigenvalue weighted by Crippen LogP contribution is -2.03. The summed E-state index contributed by atoms with van der Waals surface area (Å²) in [5.41, 5.74) is 2.34. The molecule has 0 aromatic heterocycles. The molecule has 1 N–H and O–H groups in total. The minimum Gasteiger partial charge on any atom is -0.493 e. The van der Waals surface area contributed by atoms with E-state index < -0.39 is 5.82 Å². The molecule has 3 aromatic carbocycles. The van der Waals surface area contributed by atoms with E-state index in [0.29, 0.717) is 58.6 Å². The van der Waals surface area contributed by atoms with Crippen molar-refractivity contribution in [2.75, 3.05) is 55.1 Å². The predicted molar refractivity (Wildman–Crippen MR) is 150 cm³/mol. The van der Waals surface area contributed by atoms with Gasteiger partial charge in [0.15, 0.2) is 40.3 Å². The Morgan fingerprint density at radius 2 is 1.10 bits per heavy atom. The molecule has 40 heavy (non-hydrogen) atoms. The zero-order valence-electron chi connectivity index (χ0n) is 23.7. The summed E-state index contributed by atoms with van der Waals surface area (Å²) in [4.78, 5) is 12.9. The first-order valence-electron chi connectivity index (χ1n) is 12.3. The van der Waals surface area contributed by atoms with Gasteiger partial charge in [-0.05, 0) is 60.4 Å². The molecule has 0 amide bonds. The van der Waals surface area contributed by atoms with Gasteiger partial charge in [0, 0.05) is 17.8 Å². The lowest BCUT2D eigenvalue weighted by Gasteiger charge is -2.15. The standard InChI is InChI=1S/C30H34FNO8/c1-34-24-14-19(15-25(35-2)29(24)39-6)9-8-18-12-21(31)28(38-5)22(13-18)32-11-10-23(33)20-16-26(36-3)30(40-7)27(17-20)37-4/h10-17,32H,8-9H2,1-7H3/b11-10-. The first-order chi connectivity index (χ1) is 19.3. The van der Waals surface area contributed by atoms with Gasteiger partial charge >= 0.3 is 0 Å². The summed E-state index contributed by atoms with van der Waals surface area (Å²) in [5.74, 6) is 1.85. The molecule has 3 rings (SSSR count). The summed E-state index contributed by atoms with van der Waals surface area (Å²) >= 11 is 0. The number of benzene rings is 3. The van der Waals surface area contributed by atoms with E-state index in [4.69, 9.17) is 33.2 Å². The number of ether oxygens (including phenoxy) is 7. The van der Waals surface area contributed by atoms with Crippen LogP contribution in [0, 0.1) is 5.82 Å². The molecule has 9 nitrogen and oxygen atoms in total. The second kappa shape index (κ2) is 14.0. The van der Waals surface area contributed by atoms with Gasteiger partial charge in [-0.3, -0.25) is 4.79 Å². The molecule has 0 heterocycles.